The fourth-order valence-electron chi connectivity index (χ4n) is 6.67. The quantitative estimate of drug-likeness (QED) is 0.565. The summed E-state index contributed by atoms with van der Waals surface area (Å²) >= 11 is 0. The van der Waals surface area contributed by atoms with Crippen molar-refractivity contribution in [2.75, 3.05) is 13.2 Å². The molecular formula is C27H40N4O4. The van der Waals surface area contributed by atoms with Crippen molar-refractivity contribution in [2.45, 2.75) is 77.7 Å². The molecule has 0 aliphatic heterocycles. The first-order valence-electron chi connectivity index (χ1n) is 13.4. The van der Waals surface area contributed by atoms with Crippen LogP contribution in [0, 0.1) is 35.5 Å². The van der Waals surface area contributed by atoms with Gasteiger partial charge in [-0.2, -0.15) is 9.78 Å². The molecule has 0 spiro atoms. The lowest BCUT2D eigenvalue weighted by molar-refractivity contribution is 0.0511. The van der Waals surface area contributed by atoms with Gasteiger partial charge in [-0.25, -0.2) is 9.89 Å². The molecule has 8 heteroatoms. The number of rotatable bonds is 6. The number of carbonyl (C=O) groups is 1. The first kappa shape index (κ1) is 24.2. The highest BCUT2D eigenvalue weighted by Crippen LogP contribution is 2.49. The Morgan fingerprint density at radius 2 is 1.63 bits per heavy atom. The fourth-order valence-corrected chi connectivity index (χ4v) is 6.67. The molecule has 2 aromatic rings. The smallest absolute Gasteiger partial charge is 0.435 e. The van der Waals surface area contributed by atoms with Gasteiger partial charge in [-0.05, 0) is 94.8 Å². The highest BCUT2D eigenvalue weighted by atomic mass is 16.6. The molecule has 4 saturated carbocycles. The topological polar surface area (TPSA) is 91.3 Å². The third kappa shape index (κ3) is 6.19. The second-order valence-corrected chi connectivity index (χ2v) is 12.0. The van der Waals surface area contributed by atoms with Crippen LogP contribution in [0.25, 0.3) is 0 Å². The summed E-state index contributed by atoms with van der Waals surface area (Å²) in [6.07, 6.45) is 14.0. The molecule has 0 saturated heterocycles. The molecule has 192 valence electrons. The zero-order chi connectivity index (χ0) is 24.4. The number of hydrogen-bond acceptors (Lipinski definition) is 6. The monoisotopic (exact) mass is 484 g/mol. The molecular weight excluding hydrogens is 444 g/mol. The van der Waals surface area contributed by atoms with Gasteiger partial charge in [0.2, 0.25) is 11.8 Å². The third-order valence-corrected chi connectivity index (χ3v) is 8.29. The summed E-state index contributed by atoms with van der Waals surface area (Å²) in [5, 5.41) is 10.8. The molecule has 6 rings (SSSR count). The number of hydrogen-bond donors (Lipinski definition) is 1. The van der Waals surface area contributed by atoms with Crippen molar-refractivity contribution in [3.8, 4) is 11.8 Å². The molecule has 4 fully saturated rings. The Morgan fingerprint density at radius 1 is 0.971 bits per heavy atom. The zero-order valence-electron chi connectivity index (χ0n) is 21.3. The maximum Gasteiger partial charge on any atom is 0.435 e. The average Bonchev–Trinajstić information content (AvgIpc) is 3.66. The van der Waals surface area contributed by atoms with E-state index in [1.165, 1.54) is 56.0 Å². The second-order valence-electron chi connectivity index (χ2n) is 12.0. The SMILES string of the molecule is CC(C)(C)OC(=O)n1ccc(OCC2C[C@@H]3CC[C@H]2C3)n1.c1cc(OCC2C[C@@H]3CC[C@H]2C3)[nH]n1. The summed E-state index contributed by atoms with van der Waals surface area (Å²) in [4.78, 5) is 11.9. The summed E-state index contributed by atoms with van der Waals surface area (Å²) < 4.78 is 17.9. The minimum atomic E-state index is -0.521. The molecule has 4 aliphatic rings. The van der Waals surface area contributed by atoms with Crippen molar-refractivity contribution < 1.29 is 19.0 Å². The van der Waals surface area contributed by atoms with Crippen molar-refractivity contribution >= 4 is 6.09 Å². The van der Waals surface area contributed by atoms with Crippen LogP contribution in [0.15, 0.2) is 24.5 Å². The van der Waals surface area contributed by atoms with Crippen LogP contribution in [0.1, 0.15) is 72.1 Å². The van der Waals surface area contributed by atoms with E-state index in [1.807, 2.05) is 26.8 Å². The minimum absolute atomic E-state index is 0.475. The number of aromatic nitrogens is 4. The molecule has 0 amide bonds. The Kier molecular flexibility index (Phi) is 7.07. The largest absolute Gasteiger partial charge is 0.478 e. The van der Waals surface area contributed by atoms with Gasteiger partial charge in [-0.3, -0.25) is 0 Å². The predicted octanol–water partition coefficient (Wildman–Crippen LogP) is 5.71. The van der Waals surface area contributed by atoms with E-state index < -0.39 is 11.7 Å². The normalized spacial score (nSPS) is 30.7. The van der Waals surface area contributed by atoms with Gasteiger partial charge >= 0.3 is 6.09 Å². The van der Waals surface area contributed by atoms with Crippen molar-refractivity contribution in [1.29, 1.82) is 0 Å². The Morgan fingerprint density at radius 3 is 2.14 bits per heavy atom. The molecule has 1 N–H and O–H groups in total. The average molecular weight is 485 g/mol. The lowest BCUT2D eigenvalue weighted by atomic mass is 9.90. The minimum Gasteiger partial charge on any atom is -0.478 e. The Bertz CT molecular complexity index is 966. The van der Waals surface area contributed by atoms with Gasteiger partial charge < -0.3 is 14.2 Å². The van der Waals surface area contributed by atoms with E-state index in [0.717, 1.165) is 42.1 Å². The number of fused-ring (bicyclic) bond motifs is 4. The van der Waals surface area contributed by atoms with Crippen LogP contribution < -0.4 is 9.47 Å². The first-order valence-corrected chi connectivity index (χ1v) is 13.4. The fraction of sp³-hybridized carbons (Fsp3) is 0.741. The molecule has 4 aliphatic carbocycles. The molecule has 2 unspecified atom stereocenters. The van der Waals surface area contributed by atoms with Crippen molar-refractivity contribution in [1.82, 2.24) is 20.0 Å². The molecule has 4 bridgehead atoms. The molecule has 2 aromatic heterocycles. The summed E-state index contributed by atoms with van der Waals surface area (Å²) in [6, 6.07) is 3.60. The van der Waals surface area contributed by atoms with Gasteiger partial charge in [0, 0.05) is 18.3 Å². The van der Waals surface area contributed by atoms with Crippen LogP contribution in [0.4, 0.5) is 4.79 Å². The van der Waals surface area contributed by atoms with Gasteiger partial charge in [-0.1, -0.05) is 12.8 Å². The first-order chi connectivity index (χ1) is 16.8. The van der Waals surface area contributed by atoms with Gasteiger partial charge in [0.05, 0.1) is 19.4 Å². The maximum atomic E-state index is 11.9. The Hall–Kier alpha value is -2.51. The summed E-state index contributed by atoms with van der Waals surface area (Å²) in [7, 11) is 0. The highest BCUT2D eigenvalue weighted by Gasteiger charge is 2.40. The Labute approximate surface area is 208 Å². The van der Waals surface area contributed by atoms with Gasteiger partial charge in [0.25, 0.3) is 0 Å². The number of ether oxygens (including phenoxy) is 3. The zero-order valence-corrected chi connectivity index (χ0v) is 21.3. The molecule has 8 nitrogen and oxygen atoms in total. The number of H-pyrrole nitrogens is 1. The second kappa shape index (κ2) is 10.2. The van der Waals surface area contributed by atoms with Gasteiger partial charge in [0.15, 0.2) is 0 Å². The summed E-state index contributed by atoms with van der Waals surface area (Å²) in [6.45, 7) is 7.10. The van der Waals surface area contributed by atoms with E-state index in [4.69, 9.17) is 14.2 Å². The van der Waals surface area contributed by atoms with Crippen LogP contribution in [0.5, 0.6) is 11.8 Å². The van der Waals surface area contributed by atoms with Crippen LogP contribution in [0.3, 0.4) is 0 Å². The van der Waals surface area contributed by atoms with E-state index in [-0.39, 0.29) is 0 Å². The third-order valence-electron chi connectivity index (χ3n) is 8.29. The van der Waals surface area contributed by atoms with Crippen LogP contribution >= 0.6 is 0 Å². The van der Waals surface area contributed by atoms with E-state index >= 15 is 0 Å². The highest BCUT2D eigenvalue weighted by molar-refractivity contribution is 5.69. The van der Waals surface area contributed by atoms with Crippen LogP contribution in [-0.4, -0.2) is 44.9 Å². The van der Waals surface area contributed by atoms with Crippen molar-refractivity contribution in [3.05, 3.63) is 24.5 Å². The number of aromatic amines is 1. The summed E-state index contributed by atoms with van der Waals surface area (Å²) in [5.74, 6) is 6.49. The van der Waals surface area contributed by atoms with Crippen molar-refractivity contribution in [2.24, 2.45) is 35.5 Å². The lowest BCUT2D eigenvalue weighted by Crippen LogP contribution is -2.27. The molecule has 0 radical (unpaired) electrons. The van der Waals surface area contributed by atoms with E-state index in [9.17, 15) is 4.79 Å². The van der Waals surface area contributed by atoms with Crippen molar-refractivity contribution in [3.63, 3.8) is 0 Å². The standard InChI is InChI=1S/C16H24N2O3.C11H16N2O/c1-16(2,3)21-15(19)18-7-6-14(17-18)20-10-13-9-11-4-5-12(13)8-11;1-2-9-5-8(1)6-10(9)7-14-11-3-4-12-13-11/h6-7,11-13H,4-5,8-10H2,1-3H3;3-4,8-10H,1-2,5-7H2,(H,12,13)/t11-,12+,13?;8-,9+,10?/m11/s1. The predicted molar refractivity (Wildman–Crippen MR) is 131 cm³/mol. The molecule has 0 aromatic carbocycles. The Balaban J connectivity index is 0.000000156. The van der Waals surface area contributed by atoms with Crippen LogP contribution in [-0.2, 0) is 4.74 Å². The lowest BCUT2D eigenvalue weighted by Gasteiger charge is -2.21. The molecule has 2 heterocycles. The van der Waals surface area contributed by atoms with E-state index in [1.54, 1.807) is 18.5 Å². The molecule has 6 atom stereocenters. The van der Waals surface area contributed by atoms with E-state index in [2.05, 4.69) is 15.3 Å². The van der Waals surface area contributed by atoms with E-state index in [0.29, 0.717) is 18.4 Å². The number of nitrogens with zero attached hydrogens (tertiary/aromatic N) is 3. The van der Waals surface area contributed by atoms with Crippen LogP contribution in [0.2, 0.25) is 0 Å². The maximum absolute atomic E-state index is 11.9. The number of nitrogens with one attached hydrogen (secondary N) is 1. The van der Waals surface area contributed by atoms with Gasteiger partial charge in [0.1, 0.15) is 5.60 Å². The molecule has 35 heavy (non-hydrogen) atoms. The number of carbonyl (C=O) groups excluding carboxylic acids is 1. The van der Waals surface area contributed by atoms with Gasteiger partial charge in [-0.15, -0.1) is 5.10 Å². The summed E-state index contributed by atoms with van der Waals surface area (Å²) in [5.41, 5.74) is -0.521.